The molecular weight excluding hydrogens is 188 g/mol. The molecule has 0 aliphatic heterocycles. The van der Waals surface area contributed by atoms with E-state index in [0.717, 1.165) is 18.2 Å². The maximum absolute atomic E-state index is 4.81. The molecule has 1 saturated carbocycles. The van der Waals surface area contributed by atoms with Gasteiger partial charge in [0.25, 0.3) is 0 Å². The van der Waals surface area contributed by atoms with Gasteiger partial charge in [-0.15, -0.1) is 0 Å². The number of hydrogen-bond acceptors (Lipinski definition) is 3. The molecule has 1 N–H and O–H groups in total. The summed E-state index contributed by atoms with van der Waals surface area (Å²) in [5.74, 6) is 0.906. The van der Waals surface area contributed by atoms with Gasteiger partial charge in [-0.25, -0.2) is 0 Å². The van der Waals surface area contributed by atoms with E-state index in [-0.39, 0.29) is 0 Å². The average Bonchev–Trinajstić information content (AvgIpc) is 2.66. The smallest absolute Gasteiger partial charge is 0.124 e. The molecule has 2 unspecified atom stereocenters. The van der Waals surface area contributed by atoms with Crippen molar-refractivity contribution in [2.75, 3.05) is 0 Å². The number of aromatic nitrogens is 1. The van der Waals surface area contributed by atoms with Gasteiger partial charge in [-0.3, -0.25) is 0 Å². The summed E-state index contributed by atoms with van der Waals surface area (Å²) in [7, 11) is 0. The summed E-state index contributed by atoms with van der Waals surface area (Å²) in [5.41, 5.74) is 1.01. The molecule has 1 aromatic rings. The molecule has 1 fully saturated rings. The minimum Gasteiger partial charge on any atom is -0.364 e. The Labute approximate surface area is 91.2 Å². The molecular formula is C12H20N2O. The highest BCUT2D eigenvalue weighted by molar-refractivity contribution is 4.94. The Morgan fingerprint density at radius 2 is 2.33 bits per heavy atom. The molecule has 1 aromatic heterocycles. The molecule has 0 bridgehead atoms. The number of hydrogen-bond donors (Lipinski definition) is 1. The van der Waals surface area contributed by atoms with Gasteiger partial charge in [0.05, 0.1) is 5.69 Å². The molecule has 2 rings (SSSR count). The highest BCUT2D eigenvalue weighted by atomic mass is 16.5. The van der Waals surface area contributed by atoms with Gasteiger partial charge in [-0.2, -0.15) is 0 Å². The van der Waals surface area contributed by atoms with E-state index in [1.807, 2.05) is 6.07 Å². The van der Waals surface area contributed by atoms with Crippen LogP contribution < -0.4 is 5.32 Å². The second-order valence-electron chi connectivity index (χ2n) is 4.68. The molecule has 0 aromatic carbocycles. The first-order chi connectivity index (χ1) is 7.34. The summed E-state index contributed by atoms with van der Waals surface area (Å²) < 4.78 is 4.81. The third-order valence-electron chi connectivity index (χ3n) is 3.32. The maximum atomic E-state index is 4.81. The molecule has 0 spiro atoms. The molecule has 1 aliphatic carbocycles. The van der Waals surface area contributed by atoms with Crippen LogP contribution in [0.3, 0.4) is 0 Å². The summed E-state index contributed by atoms with van der Waals surface area (Å²) in [6, 6.07) is 2.60. The SMILES string of the molecule is CC1CCCC(NCc2ccon2)CC1. The molecule has 0 radical (unpaired) electrons. The van der Waals surface area contributed by atoms with E-state index in [9.17, 15) is 0 Å². The Hall–Kier alpha value is -0.830. The lowest BCUT2D eigenvalue weighted by molar-refractivity contribution is 0.397. The fourth-order valence-corrected chi connectivity index (χ4v) is 2.27. The molecule has 0 saturated heterocycles. The van der Waals surface area contributed by atoms with Gasteiger partial charge < -0.3 is 9.84 Å². The maximum Gasteiger partial charge on any atom is 0.124 e. The van der Waals surface area contributed by atoms with Crippen molar-refractivity contribution in [1.29, 1.82) is 0 Å². The van der Waals surface area contributed by atoms with Crippen LogP contribution in [0.4, 0.5) is 0 Å². The lowest BCUT2D eigenvalue weighted by Gasteiger charge is -2.15. The Bertz CT molecular complexity index is 271. The van der Waals surface area contributed by atoms with E-state index >= 15 is 0 Å². The first kappa shape index (κ1) is 10.7. The summed E-state index contributed by atoms with van der Waals surface area (Å²) in [6.07, 6.45) is 8.35. The Balaban J connectivity index is 1.74. The Kier molecular flexibility index (Phi) is 3.78. The van der Waals surface area contributed by atoms with Crippen LogP contribution in [0.5, 0.6) is 0 Å². The molecule has 15 heavy (non-hydrogen) atoms. The first-order valence-electron chi connectivity index (χ1n) is 5.97. The second-order valence-corrected chi connectivity index (χ2v) is 4.68. The average molecular weight is 208 g/mol. The Morgan fingerprint density at radius 3 is 3.13 bits per heavy atom. The van der Waals surface area contributed by atoms with E-state index in [2.05, 4.69) is 17.4 Å². The van der Waals surface area contributed by atoms with Crippen LogP contribution in [0.15, 0.2) is 16.9 Å². The highest BCUT2D eigenvalue weighted by Crippen LogP contribution is 2.22. The predicted molar refractivity (Wildman–Crippen MR) is 59.4 cm³/mol. The number of nitrogens with zero attached hydrogens (tertiary/aromatic N) is 1. The largest absolute Gasteiger partial charge is 0.364 e. The zero-order valence-electron chi connectivity index (χ0n) is 9.41. The van der Waals surface area contributed by atoms with E-state index in [4.69, 9.17) is 4.52 Å². The third-order valence-corrected chi connectivity index (χ3v) is 3.32. The standard InChI is InChI=1S/C12H20N2O/c1-10-3-2-4-11(6-5-10)13-9-12-7-8-15-14-12/h7-8,10-11,13H,2-6,9H2,1H3. The molecule has 1 heterocycles. The zero-order valence-corrected chi connectivity index (χ0v) is 9.41. The van der Waals surface area contributed by atoms with Gasteiger partial charge in [-0.05, 0) is 25.2 Å². The summed E-state index contributed by atoms with van der Waals surface area (Å²) >= 11 is 0. The van der Waals surface area contributed by atoms with Crippen molar-refractivity contribution in [1.82, 2.24) is 10.5 Å². The van der Waals surface area contributed by atoms with Gasteiger partial charge >= 0.3 is 0 Å². The van der Waals surface area contributed by atoms with Crippen molar-refractivity contribution in [3.63, 3.8) is 0 Å². The highest BCUT2D eigenvalue weighted by Gasteiger charge is 2.15. The van der Waals surface area contributed by atoms with Gasteiger partial charge in [0.15, 0.2) is 0 Å². The minimum absolute atomic E-state index is 0.673. The predicted octanol–water partition coefficient (Wildman–Crippen LogP) is 2.73. The molecule has 3 heteroatoms. The van der Waals surface area contributed by atoms with Crippen molar-refractivity contribution in [2.24, 2.45) is 5.92 Å². The van der Waals surface area contributed by atoms with Crippen LogP contribution in [-0.4, -0.2) is 11.2 Å². The van der Waals surface area contributed by atoms with Gasteiger partial charge in [-0.1, -0.05) is 24.9 Å². The lowest BCUT2D eigenvalue weighted by atomic mass is 10.0. The normalized spacial score (nSPS) is 27.5. The van der Waals surface area contributed by atoms with Crippen molar-refractivity contribution in [2.45, 2.75) is 51.6 Å². The van der Waals surface area contributed by atoms with Crippen molar-refractivity contribution < 1.29 is 4.52 Å². The minimum atomic E-state index is 0.673. The van der Waals surface area contributed by atoms with Crippen LogP contribution in [0.25, 0.3) is 0 Å². The summed E-state index contributed by atoms with van der Waals surface area (Å²) in [4.78, 5) is 0. The van der Waals surface area contributed by atoms with Crippen LogP contribution in [0.1, 0.15) is 44.7 Å². The topological polar surface area (TPSA) is 38.1 Å². The van der Waals surface area contributed by atoms with Crippen molar-refractivity contribution >= 4 is 0 Å². The molecule has 84 valence electrons. The third kappa shape index (κ3) is 3.34. The molecule has 1 aliphatic rings. The van der Waals surface area contributed by atoms with E-state index in [0.29, 0.717) is 6.04 Å². The molecule has 2 atom stereocenters. The van der Waals surface area contributed by atoms with Crippen LogP contribution in [0.2, 0.25) is 0 Å². The fraction of sp³-hybridized carbons (Fsp3) is 0.750. The van der Waals surface area contributed by atoms with E-state index in [1.54, 1.807) is 6.26 Å². The van der Waals surface area contributed by atoms with E-state index < -0.39 is 0 Å². The Morgan fingerprint density at radius 1 is 1.40 bits per heavy atom. The quantitative estimate of drug-likeness (QED) is 0.776. The lowest BCUT2D eigenvalue weighted by Crippen LogP contribution is -2.28. The molecule has 3 nitrogen and oxygen atoms in total. The van der Waals surface area contributed by atoms with Gasteiger partial charge in [0.1, 0.15) is 6.26 Å². The summed E-state index contributed by atoms with van der Waals surface area (Å²) in [6.45, 7) is 3.20. The van der Waals surface area contributed by atoms with Crippen LogP contribution in [0, 0.1) is 5.92 Å². The van der Waals surface area contributed by atoms with Crippen molar-refractivity contribution in [3.05, 3.63) is 18.0 Å². The summed E-state index contributed by atoms with van der Waals surface area (Å²) in [5, 5.41) is 7.46. The fourth-order valence-electron chi connectivity index (χ4n) is 2.27. The van der Waals surface area contributed by atoms with Crippen LogP contribution in [-0.2, 0) is 6.54 Å². The second kappa shape index (κ2) is 5.31. The van der Waals surface area contributed by atoms with Crippen molar-refractivity contribution in [3.8, 4) is 0 Å². The zero-order chi connectivity index (χ0) is 10.5. The monoisotopic (exact) mass is 208 g/mol. The van der Waals surface area contributed by atoms with E-state index in [1.165, 1.54) is 32.1 Å². The van der Waals surface area contributed by atoms with Gasteiger partial charge in [0, 0.05) is 18.7 Å². The first-order valence-corrected chi connectivity index (χ1v) is 5.97. The molecule has 0 amide bonds. The van der Waals surface area contributed by atoms with Gasteiger partial charge in [0.2, 0.25) is 0 Å². The van der Waals surface area contributed by atoms with Crippen LogP contribution >= 0.6 is 0 Å². The number of nitrogens with one attached hydrogen (secondary N) is 1. The number of rotatable bonds is 3.